The molecule has 6 heteroatoms. The van der Waals surface area contributed by atoms with Gasteiger partial charge in [0.15, 0.2) is 0 Å². The Kier molecular flexibility index (Phi) is 3.25. The summed E-state index contributed by atoms with van der Waals surface area (Å²) in [6, 6.07) is 3.30. The first-order valence-corrected chi connectivity index (χ1v) is 3.83. The standard InChI is InChI=1S/C7H6BClF2O2/c9-6-2-4(7(10)11)1-5(3-6)8(12)13/h1-3,7,12-13H. The topological polar surface area (TPSA) is 40.5 Å². The Bertz CT molecular complexity index is 280. The molecule has 0 aliphatic rings. The molecule has 0 saturated carbocycles. The van der Waals surface area contributed by atoms with Crippen molar-refractivity contribution in [3.8, 4) is 0 Å². The minimum atomic E-state index is -2.67. The van der Waals surface area contributed by atoms with Crippen LogP contribution in [-0.4, -0.2) is 17.2 Å². The largest absolute Gasteiger partial charge is 0.488 e. The summed E-state index contributed by atoms with van der Waals surface area (Å²) in [6.07, 6.45) is -2.67. The number of alkyl halides is 2. The van der Waals surface area contributed by atoms with E-state index in [-0.39, 0.29) is 16.0 Å². The molecule has 0 atom stereocenters. The molecule has 0 aliphatic heterocycles. The second-order valence-corrected chi connectivity index (χ2v) is 2.93. The van der Waals surface area contributed by atoms with Gasteiger partial charge in [-0.15, -0.1) is 0 Å². The van der Waals surface area contributed by atoms with Gasteiger partial charge < -0.3 is 10.0 Å². The van der Waals surface area contributed by atoms with Gasteiger partial charge in [-0.2, -0.15) is 0 Å². The Labute approximate surface area is 78.9 Å². The summed E-state index contributed by atoms with van der Waals surface area (Å²) < 4.78 is 24.3. The van der Waals surface area contributed by atoms with Crippen molar-refractivity contribution in [3.05, 3.63) is 28.8 Å². The molecule has 1 rings (SSSR count). The van der Waals surface area contributed by atoms with E-state index in [4.69, 9.17) is 21.6 Å². The van der Waals surface area contributed by atoms with Gasteiger partial charge in [0.05, 0.1) is 0 Å². The summed E-state index contributed by atoms with van der Waals surface area (Å²) in [5.74, 6) is 0. The molecule has 0 unspecified atom stereocenters. The third-order valence-electron chi connectivity index (χ3n) is 1.49. The summed E-state index contributed by atoms with van der Waals surface area (Å²) in [6.45, 7) is 0. The maximum atomic E-state index is 12.2. The lowest BCUT2D eigenvalue weighted by molar-refractivity contribution is 0.151. The normalized spacial score (nSPS) is 10.6. The molecule has 0 fully saturated rings. The summed E-state index contributed by atoms with van der Waals surface area (Å²) in [5, 5.41) is 17.5. The van der Waals surface area contributed by atoms with Crippen LogP contribution in [-0.2, 0) is 0 Å². The number of rotatable bonds is 2. The zero-order valence-corrected chi connectivity index (χ0v) is 7.17. The van der Waals surface area contributed by atoms with E-state index in [1.54, 1.807) is 0 Å². The molecule has 0 aliphatic carbocycles. The van der Waals surface area contributed by atoms with Crippen LogP contribution in [0.25, 0.3) is 0 Å². The van der Waals surface area contributed by atoms with Gasteiger partial charge in [-0.3, -0.25) is 0 Å². The lowest BCUT2D eigenvalue weighted by atomic mass is 9.79. The predicted molar refractivity (Wildman–Crippen MR) is 46.2 cm³/mol. The third kappa shape index (κ3) is 2.65. The highest BCUT2D eigenvalue weighted by Gasteiger charge is 2.15. The van der Waals surface area contributed by atoms with Gasteiger partial charge >= 0.3 is 7.12 Å². The van der Waals surface area contributed by atoms with E-state index in [9.17, 15) is 8.78 Å². The number of halogens is 3. The van der Waals surface area contributed by atoms with Crippen LogP contribution in [0.15, 0.2) is 18.2 Å². The molecule has 13 heavy (non-hydrogen) atoms. The van der Waals surface area contributed by atoms with Crippen molar-refractivity contribution >= 4 is 24.2 Å². The summed E-state index contributed by atoms with van der Waals surface area (Å²) >= 11 is 5.48. The molecule has 2 N–H and O–H groups in total. The van der Waals surface area contributed by atoms with Gasteiger partial charge in [-0.25, -0.2) is 8.78 Å². The highest BCUT2D eigenvalue weighted by Crippen LogP contribution is 2.20. The van der Waals surface area contributed by atoms with Crippen molar-refractivity contribution in [3.63, 3.8) is 0 Å². The van der Waals surface area contributed by atoms with Crippen LogP contribution >= 0.6 is 11.6 Å². The highest BCUT2D eigenvalue weighted by atomic mass is 35.5. The first-order chi connectivity index (χ1) is 6.00. The van der Waals surface area contributed by atoms with Crippen LogP contribution in [0, 0.1) is 0 Å². The lowest BCUT2D eigenvalue weighted by Crippen LogP contribution is -2.30. The van der Waals surface area contributed by atoms with E-state index in [2.05, 4.69) is 0 Å². The van der Waals surface area contributed by atoms with Gasteiger partial charge in [0.1, 0.15) is 0 Å². The maximum Gasteiger partial charge on any atom is 0.488 e. The van der Waals surface area contributed by atoms with Crippen molar-refractivity contribution < 1.29 is 18.8 Å². The van der Waals surface area contributed by atoms with Crippen molar-refractivity contribution in [2.45, 2.75) is 6.43 Å². The van der Waals surface area contributed by atoms with Crippen LogP contribution in [0.2, 0.25) is 5.02 Å². The molecule has 2 nitrogen and oxygen atoms in total. The summed E-state index contributed by atoms with van der Waals surface area (Å²) in [4.78, 5) is 0. The van der Waals surface area contributed by atoms with Crippen molar-refractivity contribution in [2.24, 2.45) is 0 Å². The Hall–Kier alpha value is -0.645. The number of hydrogen-bond donors (Lipinski definition) is 2. The first-order valence-electron chi connectivity index (χ1n) is 3.45. The summed E-state index contributed by atoms with van der Waals surface area (Å²) in [7, 11) is -1.78. The van der Waals surface area contributed by atoms with E-state index in [1.165, 1.54) is 6.07 Å². The SMILES string of the molecule is OB(O)c1cc(Cl)cc(C(F)F)c1. The molecule has 70 valence electrons. The van der Waals surface area contributed by atoms with Crippen molar-refractivity contribution in [1.29, 1.82) is 0 Å². The van der Waals surface area contributed by atoms with E-state index in [0.29, 0.717) is 0 Å². The molecule has 0 heterocycles. The molecule has 0 amide bonds. The minimum absolute atomic E-state index is 0.0391. The fraction of sp³-hybridized carbons (Fsp3) is 0.143. The second kappa shape index (κ2) is 4.04. The van der Waals surface area contributed by atoms with Crippen LogP contribution in [0.4, 0.5) is 8.78 Å². The lowest BCUT2D eigenvalue weighted by Gasteiger charge is -2.04. The molecule has 0 aromatic heterocycles. The van der Waals surface area contributed by atoms with Gasteiger partial charge in [0.2, 0.25) is 0 Å². The molecule has 0 bridgehead atoms. The van der Waals surface area contributed by atoms with Crippen molar-refractivity contribution in [1.82, 2.24) is 0 Å². The molecule has 0 radical (unpaired) electrons. The fourth-order valence-electron chi connectivity index (χ4n) is 0.911. The van der Waals surface area contributed by atoms with E-state index < -0.39 is 13.5 Å². The molecular weight excluding hydrogens is 200 g/mol. The highest BCUT2D eigenvalue weighted by molar-refractivity contribution is 6.59. The maximum absolute atomic E-state index is 12.2. The molecule has 0 saturated heterocycles. The van der Waals surface area contributed by atoms with E-state index in [1.807, 2.05) is 0 Å². The average molecular weight is 206 g/mol. The third-order valence-corrected chi connectivity index (χ3v) is 1.71. The molecular formula is C7H6BClF2O2. The quantitative estimate of drug-likeness (QED) is 0.708. The monoisotopic (exact) mass is 206 g/mol. The van der Waals surface area contributed by atoms with Crippen LogP contribution in [0.1, 0.15) is 12.0 Å². The van der Waals surface area contributed by atoms with Gasteiger partial charge in [0.25, 0.3) is 6.43 Å². The van der Waals surface area contributed by atoms with Crippen LogP contribution < -0.4 is 5.46 Å². The zero-order chi connectivity index (χ0) is 10.0. The fourth-order valence-corrected chi connectivity index (χ4v) is 1.16. The van der Waals surface area contributed by atoms with Crippen molar-refractivity contribution in [2.75, 3.05) is 0 Å². The average Bonchev–Trinajstić information content (AvgIpc) is 2.03. The Morgan fingerprint density at radius 1 is 1.23 bits per heavy atom. The number of hydrogen-bond acceptors (Lipinski definition) is 2. The molecule has 0 spiro atoms. The van der Waals surface area contributed by atoms with Gasteiger partial charge in [-0.05, 0) is 17.6 Å². The van der Waals surface area contributed by atoms with E-state index in [0.717, 1.165) is 12.1 Å². The van der Waals surface area contributed by atoms with Crippen LogP contribution in [0.3, 0.4) is 0 Å². The molecule has 1 aromatic carbocycles. The predicted octanol–water partition coefficient (Wildman–Crippen LogP) is 0.957. The Morgan fingerprint density at radius 3 is 2.31 bits per heavy atom. The summed E-state index contributed by atoms with van der Waals surface area (Å²) in [5.41, 5.74) is -0.363. The smallest absolute Gasteiger partial charge is 0.423 e. The van der Waals surface area contributed by atoms with E-state index >= 15 is 0 Å². The van der Waals surface area contributed by atoms with Crippen LogP contribution in [0.5, 0.6) is 0 Å². The second-order valence-electron chi connectivity index (χ2n) is 2.49. The first kappa shape index (κ1) is 10.4. The Balaban J connectivity index is 3.11. The minimum Gasteiger partial charge on any atom is -0.423 e. The Morgan fingerprint density at radius 2 is 1.85 bits per heavy atom. The van der Waals surface area contributed by atoms with Gasteiger partial charge in [-0.1, -0.05) is 17.7 Å². The van der Waals surface area contributed by atoms with Gasteiger partial charge in [0, 0.05) is 10.6 Å². The number of benzene rings is 1. The molecule has 1 aromatic rings. The zero-order valence-electron chi connectivity index (χ0n) is 6.42.